The van der Waals surface area contributed by atoms with Crippen molar-refractivity contribution in [2.45, 2.75) is 30.8 Å². The molecule has 0 saturated carbocycles. The molecule has 2 aromatic rings. The Morgan fingerprint density at radius 2 is 1.73 bits per heavy atom. The third-order valence-corrected chi connectivity index (χ3v) is 7.32. The van der Waals surface area contributed by atoms with E-state index < -0.39 is 10.0 Å². The van der Waals surface area contributed by atoms with Gasteiger partial charge in [0.2, 0.25) is 15.9 Å². The second-order valence-electron chi connectivity index (χ2n) is 7.32. The summed E-state index contributed by atoms with van der Waals surface area (Å²) in [4.78, 5) is 12.6. The number of halogens is 1. The highest BCUT2D eigenvalue weighted by atomic mass is 35.5. The number of sulfonamides is 1. The molecule has 2 aromatic carbocycles. The Morgan fingerprint density at radius 3 is 2.40 bits per heavy atom. The van der Waals surface area contributed by atoms with E-state index in [1.807, 2.05) is 30.3 Å². The Balaban J connectivity index is 1.35. The maximum atomic E-state index is 12.7. The van der Waals surface area contributed by atoms with Crippen molar-refractivity contribution in [1.29, 1.82) is 0 Å². The summed E-state index contributed by atoms with van der Waals surface area (Å²) >= 11 is 5.84. The lowest BCUT2D eigenvalue weighted by Crippen LogP contribution is -2.43. The third kappa shape index (κ3) is 6.28. The average molecular weight is 451 g/mol. The largest absolute Gasteiger partial charge is 0.377 e. The van der Waals surface area contributed by atoms with Crippen LogP contribution in [0.25, 0.3) is 0 Å². The minimum atomic E-state index is -3.55. The summed E-state index contributed by atoms with van der Waals surface area (Å²) in [6.07, 6.45) is 1.77. The van der Waals surface area contributed by atoms with Crippen molar-refractivity contribution in [3.63, 3.8) is 0 Å². The molecule has 162 valence electrons. The number of rotatable bonds is 9. The topological polar surface area (TPSA) is 75.7 Å². The molecule has 1 aliphatic heterocycles. The van der Waals surface area contributed by atoms with Crippen molar-refractivity contribution in [2.75, 3.05) is 26.2 Å². The molecule has 0 atom stereocenters. The van der Waals surface area contributed by atoms with Gasteiger partial charge in [0.1, 0.15) is 0 Å². The monoisotopic (exact) mass is 450 g/mol. The summed E-state index contributed by atoms with van der Waals surface area (Å²) < 4.78 is 32.5. The predicted octanol–water partition coefficient (Wildman–Crippen LogP) is 3.46. The lowest BCUT2D eigenvalue weighted by molar-refractivity contribution is -0.126. The number of nitrogens with one attached hydrogen (secondary N) is 1. The van der Waals surface area contributed by atoms with Crippen LogP contribution in [0.3, 0.4) is 0 Å². The lowest BCUT2D eigenvalue weighted by Gasteiger charge is -2.30. The number of hydrogen-bond donors (Lipinski definition) is 1. The van der Waals surface area contributed by atoms with Crippen LogP contribution < -0.4 is 5.32 Å². The molecule has 3 rings (SSSR count). The molecule has 6 nitrogen and oxygen atoms in total. The number of amides is 1. The van der Waals surface area contributed by atoms with Crippen LogP contribution in [0.4, 0.5) is 0 Å². The molecule has 0 unspecified atom stereocenters. The van der Waals surface area contributed by atoms with Crippen molar-refractivity contribution in [2.24, 2.45) is 5.92 Å². The summed E-state index contributed by atoms with van der Waals surface area (Å²) in [5, 5.41) is 3.44. The fourth-order valence-electron chi connectivity index (χ4n) is 3.41. The van der Waals surface area contributed by atoms with Crippen LogP contribution in [0.2, 0.25) is 5.02 Å². The Bertz CT molecular complexity index is 912. The van der Waals surface area contributed by atoms with Gasteiger partial charge in [-0.05, 0) is 49.1 Å². The summed E-state index contributed by atoms with van der Waals surface area (Å²) in [5.41, 5.74) is 1.13. The van der Waals surface area contributed by atoms with Gasteiger partial charge in [-0.1, -0.05) is 41.9 Å². The molecule has 0 aliphatic carbocycles. The molecule has 30 heavy (non-hydrogen) atoms. The molecule has 0 bridgehead atoms. The van der Waals surface area contributed by atoms with Crippen LogP contribution in [-0.2, 0) is 26.2 Å². The Kier molecular flexibility index (Phi) is 8.27. The SMILES string of the molecule is O=C(NCCCOCc1ccccc1)C1CCN(S(=O)(=O)c2ccc(Cl)cc2)CC1. The van der Waals surface area contributed by atoms with E-state index >= 15 is 0 Å². The molecule has 0 aromatic heterocycles. The molecule has 0 spiro atoms. The van der Waals surface area contributed by atoms with Gasteiger partial charge in [-0.2, -0.15) is 4.31 Å². The number of carbonyl (C=O) groups excluding carboxylic acids is 1. The summed E-state index contributed by atoms with van der Waals surface area (Å²) in [7, 11) is -3.55. The van der Waals surface area contributed by atoms with Crippen molar-refractivity contribution in [3.05, 3.63) is 65.2 Å². The van der Waals surface area contributed by atoms with Gasteiger partial charge < -0.3 is 10.1 Å². The van der Waals surface area contributed by atoms with Crippen molar-refractivity contribution in [1.82, 2.24) is 9.62 Å². The molecule has 1 amide bonds. The van der Waals surface area contributed by atoms with Crippen LogP contribution in [-0.4, -0.2) is 44.9 Å². The Hall–Kier alpha value is -1.93. The maximum absolute atomic E-state index is 12.7. The highest BCUT2D eigenvalue weighted by molar-refractivity contribution is 7.89. The van der Waals surface area contributed by atoms with Crippen LogP contribution in [0.5, 0.6) is 0 Å². The summed E-state index contributed by atoms with van der Waals surface area (Å²) in [6.45, 7) is 2.37. The average Bonchev–Trinajstić information content (AvgIpc) is 2.77. The summed E-state index contributed by atoms with van der Waals surface area (Å²) in [5.74, 6) is -0.173. The minimum Gasteiger partial charge on any atom is -0.377 e. The molecule has 1 N–H and O–H groups in total. The normalized spacial score (nSPS) is 15.8. The van der Waals surface area contributed by atoms with Gasteiger partial charge in [0.05, 0.1) is 11.5 Å². The maximum Gasteiger partial charge on any atom is 0.243 e. The zero-order valence-corrected chi connectivity index (χ0v) is 18.4. The zero-order valence-electron chi connectivity index (χ0n) is 16.8. The van der Waals surface area contributed by atoms with E-state index in [1.165, 1.54) is 16.4 Å². The summed E-state index contributed by atoms with van der Waals surface area (Å²) in [6, 6.07) is 16.1. The van der Waals surface area contributed by atoms with Crippen molar-refractivity contribution in [3.8, 4) is 0 Å². The zero-order chi connectivity index (χ0) is 21.4. The Labute approximate surface area is 183 Å². The van der Waals surface area contributed by atoms with E-state index in [0.29, 0.717) is 50.7 Å². The predicted molar refractivity (Wildman–Crippen MR) is 117 cm³/mol. The molecule has 1 heterocycles. The molecule has 1 saturated heterocycles. The molecule has 1 fully saturated rings. The van der Waals surface area contributed by atoms with E-state index in [-0.39, 0.29) is 16.7 Å². The van der Waals surface area contributed by atoms with Crippen molar-refractivity contribution >= 4 is 27.5 Å². The van der Waals surface area contributed by atoms with E-state index in [0.717, 1.165) is 12.0 Å². The molecule has 8 heteroatoms. The van der Waals surface area contributed by atoms with Gasteiger partial charge in [-0.25, -0.2) is 8.42 Å². The Morgan fingerprint density at radius 1 is 1.07 bits per heavy atom. The number of benzene rings is 2. The van der Waals surface area contributed by atoms with Gasteiger partial charge in [-0.15, -0.1) is 0 Å². The minimum absolute atomic E-state index is 0.0124. The highest BCUT2D eigenvalue weighted by Crippen LogP contribution is 2.24. The first-order valence-corrected chi connectivity index (χ1v) is 11.9. The van der Waals surface area contributed by atoms with Gasteiger partial charge in [0.25, 0.3) is 0 Å². The second kappa shape index (κ2) is 10.9. The number of carbonyl (C=O) groups is 1. The van der Waals surface area contributed by atoms with Gasteiger partial charge in [-0.3, -0.25) is 4.79 Å². The number of nitrogens with zero attached hydrogens (tertiary/aromatic N) is 1. The fourth-order valence-corrected chi connectivity index (χ4v) is 5.00. The van der Waals surface area contributed by atoms with Crippen molar-refractivity contribution < 1.29 is 17.9 Å². The van der Waals surface area contributed by atoms with Gasteiger partial charge in [0.15, 0.2) is 0 Å². The second-order valence-corrected chi connectivity index (χ2v) is 9.69. The fraction of sp³-hybridized carbons (Fsp3) is 0.409. The molecule has 0 radical (unpaired) electrons. The van der Waals surface area contributed by atoms with E-state index in [2.05, 4.69) is 5.32 Å². The van der Waals surface area contributed by atoms with Gasteiger partial charge in [0, 0.05) is 37.2 Å². The van der Waals surface area contributed by atoms with Crippen LogP contribution in [0.15, 0.2) is 59.5 Å². The van der Waals surface area contributed by atoms with Crippen LogP contribution in [0, 0.1) is 5.92 Å². The first-order valence-electron chi connectivity index (χ1n) is 10.1. The van der Waals surface area contributed by atoms with E-state index in [1.54, 1.807) is 12.1 Å². The quantitative estimate of drug-likeness (QED) is 0.593. The lowest BCUT2D eigenvalue weighted by atomic mass is 9.97. The standard InChI is InChI=1S/C22H27ClN2O4S/c23-20-7-9-21(10-8-20)30(27,28)25-14-11-19(12-15-25)22(26)24-13-4-16-29-17-18-5-2-1-3-6-18/h1-3,5-10,19H,4,11-17H2,(H,24,26). The smallest absolute Gasteiger partial charge is 0.243 e. The first-order chi connectivity index (χ1) is 14.5. The first kappa shape index (κ1) is 22.7. The number of ether oxygens (including phenoxy) is 1. The highest BCUT2D eigenvalue weighted by Gasteiger charge is 2.31. The van der Waals surface area contributed by atoms with Crippen LogP contribution in [0.1, 0.15) is 24.8 Å². The molecular formula is C22H27ClN2O4S. The molecular weight excluding hydrogens is 424 g/mol. The van der Waals surface area contributed by atoms with Crippen LogP contribution >= 0.6 is 11.6 Å². The number of hydrogen-bond acceptors (Lipinski definition) is 4. The third-order valence-electron chi connectivity index (χ3n) is 5.15. The van der Waals surface area contributed by atoms with E-state index in [9.17, 15) is 13.2 Å². The number of piperidine rings is 1. The van der Waals surface area contributed by atoms with E-state index in [4.69, 9.17) is 16.3 Å². The molecule has 1 aliphatic rings. The van der Waals surface area contributed by atoms with Gasteiger partial charge >= 0.3 is 0 Å².